The second kappa shape index (κ2) is 8.89. The summed E-state index contributed by atoms with van der Waals surface area (Å²) in [6.07, 6.45) is 1.55. The van der Waals surface area contributed by atoms with Crippen molar-refractivity contribution in [2.75, 3.05) is 25.0 Å². The van der Waals surface area contributed by atoms with Gasteiger partial charge in [-0.05, 0) is 38.2 Å². The third kappa shape index (κ3) is 4.51. The topological polar surface area (TPSA) is 63.6 Å². The van der Waals surface area contributed by atoms with Crippen molar-refractivity contribution in [3.8, 4) is 5.88 Å². The molecule has 0 radical (unpaired) electrons. The molecular weight excluding hydrogens is 355 g/mol. The summed E-state index contributed by atoms with van der Waals surface area (Å²) in [4.78, 5) is 9.53. The highest BCUT2D eigenvalue weighted by Gasteiger charge is 2.11. The predicted molar refractivity (Wildman–Crippen MR) is 114 cm³/mol. The fourth-order valence-electron chi connectivity index (χ4n) is 3.30. The van der Waals surface area contributed by atoms with Crippen LogP contribution in [0, 0.1) is 5.82 Å². The summed E-state index contributed by atoms with van der Waals surface area (Å²) < 4.78 is 14.5. The van der Waals surface area contributed by atoms with E-state index in [1.165, 1.54) is 6.07 Å². The minimum absolute atomic E-state index is 0.0499. The summed E-state index contributed by atoms with van der Waals surface area (Å²) in [5.74, 6) is -0.293. The molecule has 3 rings (SSSR count). The molecule has 0 saturated heterocycles. The van der Waals surface area contributed by atoms with Crippen molar-refractivity contribution in [1.29, 1.82) is 0 Å². The molecule has 5 nitrogen and oxygen atoms in total. The summed E-state index contributed by atoms with van der Waals surface area (Å²) in [7, 11) is 0. The molecule has 0 saturated carbocycles. The van der Waals surface area contributed by atoms with Crippen LogP contribution in [0.2, 0.25) is 0 Å². The van der Waals surface area contributed by atoms with E-state index in [0.717, 1.165) is 30.5 Å². The maximum atomic E-state index is 14.5. The molecule has 2 aromatic carbocycles. The van der Waals surface area contributed by atoms with Crippen LogP contribution in [0.15, 0.2) is 47.5 Å². The SMILES string of the molecule is CCN(CC)CC(C)Nc1ccc(N=Cc2c(O)[nH]c3ccccc23)cc1F. The molecule has 1 atom stereocenters. The van der Waals surface area contributed by atoms with Crippen LogP contribution in [0.4, 0.5) is 15.8 Å². The van der Waals surface area contributed by atoms with E-state index in [1.807, 2.05) is 31.2 Å². The lowest BCUT2D eigenvalue weighted by Gasteiger charge is -2.24. The lowest BCUT2D eigenvalue weighted by molar-refractivity contribution is 0.294. The van der Waals surface area contributed by atoms with Crippen molar-refractivity contribution in [3.05, 3.63) is 53.8 Å². The quantitative estimate of drug-likeness (QED) is 0.485. The van der Waals surface area contributed by atoms with Gasteiger partial charge in [-0.2, -0.15) is 0 Å². The number of hydrogen-bond acceptors (Lipinski definition) is 4. The van der Waals surface area contributed by atoms with Gasteiger partial charge in [-0.1, -0.05) is 32.0 Å². The number of rotatable bonds is 8. The van der Waals surface area contributed by atoms with Crippen molar-refractivity contribution in [3.63, 3.8) is 0 Å². The molecule has 0 aliphatic carbocycles. The zero-order chi connectivity index (χ0) is 20.1. The molecule has 0 amide bonds. The standard InChI is InChI=1S/C22H27FN4O/c1-4-27(5-2)14-15(3)25-21-11-10-16(12-19(21)23)24-13-18-17-8-6-7-9-20(17)26-22(18)28/h6-13,15,25-26,28H,4-5,14H2,1-3H3. The van der Waals surface area contributed by atoms with Crippen molar-refractivity contribution in [2.24, 2.45) is 4.99 Å². The molecule has 3 aromatic rings. The lowest BCUT2D eigenvalue weighted by Crippen LogP contribution is -2.34. The Balaban J connectivity index is 1.73. The fraction of sp³-hybridized carbons (Fsp3) is 0.318. The number of para-hydroxylation sites is 1. The molecule has 0 spiro atoms. The molecule has 0 bridgehead atoms. The van der Waals surface area contributed by atoms with Crippen molar-refractivity contribution < 1.29 is 9.50 Å². The van der Waals surface area contributed by atoms with Gasteiger partial charge in [0.2, 0.25) is 0 Å². The van der Waals surface area contributed by atoms with E-state index in [9.17, 15) is 9.50 Å². The van der Waals surface area contributed by atoms with Gasteiger partial charge in [-0.25, -0.2) is 4.39 Å². The Labute approximate surface area is 164 Å². The Kier molecular flexibility index (Phi) is 6.31. The lowest BCUT2D eigenvalue weighted by atomic mass is 10.2. The van der Waals surface area contributed by atoms with Gasteiger partial charge in [0.15, 0.2) is 5.88 Å². The highest BCUT2D eigenvalue weighted by Crippen LogP contribution is 2.27. The largest absolute Gasteiger partial charge is 0.494 e. The number of nitrogens with one attached hydrogen (secondary N) is 2. The number of anilines is 1. The Bertz CT molecular complexity index is 962. The van der Waals surface area contributed by atoms with Gasteiger partial charge in [0.1, 0.15) is 5.82 Å². The minimum Gasteiger partial charge on any atom is -0.494 e. The smallest absolute Gasteiger partial charge is 0.198 e. The number of aromatic amines is 1. The van der Waals surface area contributed by atoms with E-state index >= 15 is 0 Å². The maximum Gasteiger partial charge on any atom is 0.198 e. The minimum atomic E-state index is -0.343. The molecule has 1 unspecified atom stereocenters. The van der Waals surface area contributed by atoms with Gasteiger partial charge in [0, 0.05) is 35.8 Å². The highest BCUT2D eigenvalue weighted by molar-refractivity contribution is 6.02. The van der Waals surface area contributed by atoms with Gasteiger partial charge in [-0.3, -0.25) is 4.99 Å². The molecule has 1 aromatic heterocycles. The number of aromatic hydroxyl groups is 1. The summed E-state index contributed by atoms with van der Waals surface area (Å²) in [6.45, 7) is 9.08. The Morgan fingerprint density at radius 3 is 2.68 bits per heavy atom. The van der Waals surface area contributed by atoms with Gasteiger partial charge in [-0.15, -0.1) is 0 Å². The average Bonchev–Trinajstić information content (AvgIpc) is 3.01. The monoisotopic (exact) mass is 382 g/mol. The molecule has 0 aliphatic rings. The number of aliphatic imine (C=N–C) groups is 1. The fourth-order valence-corrected chi connectivity index (χ4v) is 3.30. The van der Waals surface area contributed by atoms with Crippen molar-refractivity contribution in [2.45, 2.75) is 26.8 Å². The maximum absolute atomic E-state index is 14.5. The molecule has 0 aliphatic heterocycles. The van der Waals surface area contributed by atoms with Crippen molar-refractivity contribution >= 4 is 28.5 Å². The average molecular weight is 382 g/mol. The normalized spacial score (nSPS) is 12.9. The first-order chi connectivity index (χ1) is 13.5. The van der Waals surface area contributed by atoms with Gasteiger partial charge >= 0.3 is 0 Å². The molecule has 1 heterocycles. The number of nitrogens with zero attached hydrogens (tertiary/aromatic N) is 2. The first-order valence-corrected chi connectivity index (χ1v) is 9.64. The first-order valence-electron chi connectivity index (χ1n) is 9.64. The second-order valence-corrected chi connectivity index (χ2v) is 6.89. The summed E-state index contributed by atoms with van der Waals surface area (Å²) in [5, 5.41) is 14.2. The van der Waals surface area contributed by atoms with Crippen LogP contribution in [0.5, 0.6) is 5.88 Å². The van der Waals surface area contributed by atoms with Crippen LogP contribution in [0.1, 0.15) is 26.3 Å². The van der Waals surface area contributed by atoms with E-state index in [0.29, 0.717) is 16.9 Å². The van der Waals surface area contributed by atoms with Crippen LogP contribution in [0.25, 0.3) is 10.9 Å². The third-order valence-corrected chi connectivity index (χ3v) is 4.85. The molecule has 6 heteroatoms. The number of H-pyrrole nitrogens is 1. The van der Waals surface area contributed by atoms with Crippen LogP contribution in [-0.2, 0) is 0 Å². The van der Waals surface area contributed by atoms with E-state index in [2.05, 4.69) is 34.0 Å². The van der Waals surface area contributed by atoms with E-state index in [4.69, 9.17) is 0 Å². The number of halogens is 1. The zero-order valence-electron chi connectivity index (χ0n) is 16.5. The van der Waals surface area contributed by atoms with Gasteiger partial charge in [0.25, 0.3) is 0 Å². The number of aromatic nitrogens is 1. The van der Waals surface area contributed by atoms with E-state index < -0.39 is 0 Å². The Hall–Kier alpha value is -2.86. The molecule has 148 valence electrons. The first kappa shape index (κ1) is 19.9. The highest BCUT2D eigenvalue weighted by atomic mass is 19.1. The van der Waals surface area contributed by atoms with Gasteiger partial charge in [0.05, 0.1) is 16.9 Å². The summed E-state index contributed by atoms with van der Waals surface area (Å²) in [6, 6.07) is 12.6. The summed E-state index contributed by atoms with van der Waals surface area (Å²) in [5.41, 5.74) is 2.37. The molecule has 28 heavy (non-hydrogen) atoms. The van der Waals surface area contributed by atoms with E-state index in [1.54, 1.807) is 18.3 Å². The van der Waals surface area contributed by atoms with Crippen molar-refractivity contribution in [1.82, 2.24) is 9.88 Å². The molecular formula is C22H27FN4O. The molecule has 3 N–H and O–H groups in total. The number of fused-ring (bicyclic) bond motifs is 1. The Morgan fingerprint density at radius 2 is 1.96 bits per heavy atom. The van der Waals surface area contributed by atoms with E-state index in [-0.39, 0.29) is 17.7 Å². The number of hydrogen-bond donors (Lipinski definition) is 3. The third-order valence-electron chi connectivity index (χ3n) is 4.85. The van der Waals surface area contributed by atoms with Crippen LogP contribution < -0.4 is 5.32 Å². The zero-order valence-corrected chi connectivity index (χ0v) is 16.5. The van der Waals surface area contributed by atoms with Crippen LogP contribution >= 0.6 is 0 Å². The predicted octanol–water partition coefficient (Wildman–Crippen LogP) is 4.91. The summed E-state index contributed by atoms with van der Waals surface area (Å²) >= 11 is 0. The van der Waals surface area contributed by atoms with Crippen LogP contribution in [-0.4, -0.2) is 46.9 Å². The number of benzene rings is 2. The van der Waals surface area contributed by atoms with Gasteiger partial charge < -0.3 is 20.3 Å². The number of likely N-dealkylation sites (N-methyl/N-ethyl adjacent to an activating group) is 1. The second-order valence-electron chi connectivity index (χ2n) is 6.89. The molecule has 0 fully saturated rings. The Morgan fingerprint density at radius 1 is 1.21 bits per heavy atom. The van der Waals surface area contributed by atoms with Crippen LogP contribution in [0.3, 0.4) is 0 Å².